The second kappa shape index (κ2) is 8.75. The van der Waals surface area contributed by atoms with Crippen molar-refractivity contribution in [2.24, 2.45) is 0 Å². The molecule has 0 aromatic heterocycles. The number of carbonyl (C=O) groups excluding carboxylic acids is 2. The molecule has 0 saturated heterocycles. The molecule has 144 valence electrons. The van der Waals surface area contributed by atoms with Gasteiger partial charge in [0.2, 0.25) is 0 Å². The van der Waals surface area contributed by atoms with Crippen LogP contribution in [-0.4, -0.2) is 25.0 Å². The van der Waals surface area contributed by atoms with Crippen molar-refractivity contribution < 1.29 is 27.5 Å². The second-order valence-corrected chi connectivity index (χ2v) is 6.86. The fraction of sp³-hybridized carbons (Fsp3) is 0.222. The zero-order chi connectivity index (χ0) is 20.2. The SMILES string of the molecule is COC(=O)[C@@H](Cc1cc(Cl)ccc1Br)NC(=O)c1cccc(C(F)(F)F)c1. The average Bonchev–Trinajstić information content (AvgIpc) is 2.62. The summed E-state index contributed by atoms with van der Waals surface area (Å²) in [6, 6.07) is 7.76. The van der Waals surface area contributed by atoms with Crippen LogP contribution >= 0.6 is 27.5 Å². The molecule has 0 bridgehead atoms. The van der Waals surface area contributed by atoms with Crippen LogP contribution in [0.1, 0.15) is 21.5 Å². The van der Waals surface area contributed by atoms with Gasteiger partial charge in [-0.25, -0.2) is 4.79 Å². The molecule has 2 rings (SSSR count). The van der Waals surface area contributed by atoms with Crippen molar-refractivity contribution in [3.63, 3.8) is 0 Å². The Kier molecular flexibility index (Phi) is 6.89. The molecule has 0 saturated carbocycles. The first-order chi connectivity index (χ1) is 12.6. The molecule has 1 atom stereocenters. The van der Waals surface area contributed by atoms with Crippen LogP contribution in [-0.2, 0) is 22.1 Å². The topological polar surface area (TPSA) is 55.4 Å². The van der Waals surface area contributed by atoms with Gasteiger partial charge in [0.05, 0.1) is 12.7 Å². The Hall–Kier alpha value is -2.06. The number of methoxy groups -OCH3 is 1. The molecule has 2 aromatic carbocycles. The molecule has 0 radical (unpaired) electrons. The van der Waals surface area contributed by atoms with E-state index in [1.54, 1.807) is 18.2 Å². The fourth-order valence-electron chi connectivity index (χ4n) is 2.33. The van der Waals surface area contributed by atoms with Gasteiger partial charge in [-0.3, -0.25) is 4.79 Å². The molecule has 0 spiro atoms. The molecule has 4 nitrogen and oxygen atoms in total. The Balaban J connectivity index is 2.25. The Morgan fingerprint density at radius 2 is 1.93 bits per heavy atom. The molecular formula is C18H14BrClF3NO3. The van der Waals surface area contributed by atoms with Gasteiger partial charge < -0.3 is 10.1 Å². The van der Waals surface area contributed by atoms with Crippen LogP contribution in [0.5, 0.6) is 0 Å². The van der Waals surface area contributed by atoms with Gasteiger partial charge in [-0.05, 0) is 42.0 Å². The van der Waals surface area contributed by atoms with Crippen molar-refractivity contribution in [1.82, 2.24) is 5.32 Å². The molecule has 9 heteroatoms. The van der Waals surface area contributed by atoms with Gasteiger partial charge in [0.15, 0.2) is 0 Å². The van der Waals surface area contributed by atoms with Crippen LogP contribution in [0.3, 0.4) is 0 Å². The van der Waals surface area contributed by atoms with E-state index in [1.165, 1.54) is 6.07 Å². The minimum Gasteiger partial charge on any atom is -0.467 e. The highest BCUT2D eigenvalue weighted by Gasteiger charge is 2.31. The number of hydrogen-bond acceptors (Lipinski definition) is 3. The van der Waals surface area contributed by atoms with E-state index in [1.807, 2.05) is 0 Å². The van der Waals surface area contributed by atoms with Crippen molar-refractivity contribution in [3.8, 4) is 0 Å². The highest BCUT2D eigenvalue weighted by Crippen LogP contribution is 2.29. The predicted octanol–water partition coefficient (Wildman–Crippen LogP) is 4.64. The molecule has 27 heavy (non-hydrogen) atoms. The first kappa shape index (κ1) is 21.2. The van der Waals surface area contributed by atoms with Crippen LogP contribution in [0.25, 0.3) is 0 Å². The fourth-order valence-corrected chi connectivity index (χ4v) is 2.94. The molecule has 0 heterocycles. The smallest absolute Gasteiger partial charge is 0.416 e. The first-order valence-electron chi connectivity index (χ1n) is 7.61. The van der Waals surface area contributed by atoms with Crippen LogP contribution < -0.4 is 5.32 Å². The highest BCUT2D eigenvalue weighted by molar-refractivity contribution is 9.10. The standard InChI is InChI=1S/C18H14BrClF3NO3/c1-27-17(26)15(9-11-8-13(20)5-6-14(11)19)24-16(25)10-3-2-4-12(7-10)18(21,22)23/h2-8,15H,9H2,1H3,(H,24,25)/t15-/m1/s1. The third kappa shape index (κ3) is 5.71. The first-order valence-corrected chi connectivity index (χ1v) is 8.79. The lowest BCUT2D eigenvalue weighted by molar-refractivity contribution is -0.143. The number of esters is 1. The number of hydrogen-bond donors (Lipinski definition) is 1. The quantitative estimate of drug-likeness (QED) is 0.656. The summed E-state index contributed by atoms with van der Waals surface area (Å²) in [6.45, 7) is 0. The number of ether oxygens (including phenoxy) is 1. The van der Waals surface area contributed by atoms with E-state index in [4.69, 9.17) is 11.6 Å². The molecular weight excluding hydrogens is 451 g/mol. The van der Waals surface area contributed by atoms with Crippen molar-refractivity contribution >= 4 is 39.4 Å². The lowest BCUT2D eigenvalue weighted by Crippen LogP contribution is -2.43. The second-order valence-electron chi connectivity index (χ2n) is 5.57. The Morgan fingerprint density at radius 1 is 1.22 bits per heavy atom. The summed E-state index contributed by atoms with van der Waals surface area (Å²) in [6.07, 6.45) is -4.54. The number of carbonyl (C=O) groups is 2. The summed E-state index contributed by atoms with van der Waals surface area (Å²) >= 11 is 9.27. The lowest BCUT2D eigenvalue weighted by atomic mass is 10.0. The summed E-state index contributed by atoms with van der Waals surface area (Å²) in [5.41, 5.74) is -0.548. The number of amides is 1. The van der Waals surface area contributed by atoms with E-state index >= 15 is 0 Å². The van der Waals surface area contributed by atoms with Crippen LogP contribution in [0.4, 0.5) is 13.2 Å². The number of rotatable bonds is 5. The van der Waals surface area contributed by atoms with Gasteiger partial charge in [-0.1, -0.05) is 33.6 Å². The minimum atomic E-state index is -4.58. The maximum atomic E-state index is 12.8. The molecule has 0 aliphatic heterocycles. The monoisotopic (exact) mass is 463 g/mol. The summed E-state index contributed by atoms with van der Waals surface area (Å²) in [5, 5.41) is 2.84. The number of benzene rings is 2. The molecule has 0 fully saturated rings. The van der Waals surface area contributed by atoms with Crippen LogP contribution in [0, 0.1) is 0 Å². The van der Waals surface area contributed by atoms with E-state index in [-0.39, 0.29) is 12.0 Å². The molecule has 1 amide bonds. The van der Waals surface area contributed by atoms with Gasteiger partial charge in [0.25, 0.3) is 5.91 Å². The molecule has 0 unspecified atom stereocenters. The van der Waals surface area contributed by atoms with Gasteiger partial charge in [-0.2, -0.15) is 13.2 Å². The molecule has 2 aromatic rings. The van der Waals surface area contributed by atoms with E-state index in [2.05, 4.69) is 26.0 Å². The number of halogens is 5. The van der Waals surface area contributed by atoms with E-state index in [0.29, 0.717) is 15.1 Å². The number of alkyl halides is 3. The van der Waals surface area contributed by atoms with E-state index < -0.39 is 29.7 Å². The summed E-state index contributed by atoms with van der Waals surface area (Å²) in [4.78, 5) is 24.4. The van der Waals surface area contributed by atoms with Crippen LogP contribution in [0.2, 0.25) is 5.02 Å². The van der Waals surface area contributed by atoms with Crippen molar-refractivity contribution in [2.75, 3.05) is 7.11 Å². The van der Waals surface area contributed by atoms with Gasteiger partial charge in [0, 0.05) is 21.5 Å². The third-order valence-corrected chi connectivity index (χ3v) is 4.68. The summed E-state index contributed by atoms with van der Waals surface area (Å²) in [7, 11) is 1.15. The number of nitrogens with one attached hydrogen (secondary N) is 1. The zero-order valence-electron chi connectivity index (χ0n) is 13.9. The molecule has 0 aliphatic rings. The average molecular weight is 465 g/mol. The Morgan fingerprint density at radius 3 is 2.56 bits per heavy atom. The Labute approximate surface area is 166 Å². The Bertz CT molecular complexity index is 858. The van der Waals surface area contributed by atoms with Crippen molar-refractivity contribution in [2.45, 2.75) is 18.6 Å². The van der Waals surface area contributed by atoms with Crippen molar-refractivity contribution in [1.29, 1.82) is 0 Å². The summed E-state index contributed by atoms with van der Waals surface area (Å²) in [5.74, 6) is -1.56. The van der Waals surface area contributed by atoms with E-state index in [9.17, 15) is 22.8 Å². The molecule has 1 N–H and O–H groups in total. The lowest BCUT2D eigenvalue weighted by Gasteiger charge is -2.18. The van der Waals surface area contributed by atoms with E-state index in [0.717, 1.165) is 25.3 Å². The van der Waals surface area contributed by atoms with Crippen LogP contribution in [0.15, 0.2) is 46.9 Å². The highest BCUT2D eigenvalue weighted by atomic mass is 79.9. The van der Waals surface area contributed by atoms with Gasteiger partial charge >= 0.3 is 12.1 Å². The van der Waals surface area contributed by atoms with Crippen molar-refractivity contribution in [3.05, 3.63) is 68.7 Å². The molecule has 0 aliphatic carbocycles. The largest absolute Gasteiger partial charge is 0.467 e. The maximum Gasteiger partial charge on any atom is 0.416 e. The van der Waals surface area contributed by atoms with Gasteiger partial charge in [-0.15, -0.1) is 0 Å². The normalized spacial score (nSPS) is 12.4. The third-order valence-electron chi connectivity index (χ3n) is 3.67. The minimum absolute atomic E-state index is 0.0402. The summed E-state index contributed by atoms with van der Waals surface area (Å²) < 4.78 is 43.8. The maximum absolute atomic E-state index is 12.8. The predicted molar refractivity (Wildman–Crippen MR) is 97.6 cm³/mol. The zero-order valence-corrected chi connectivity index (χ0v) is 16.3. The van der Waals surface area contributed by atoms with Gasteiger partial charge in [0.1, 0.15) is 6.04 Å².